The number of nitrogens with one attached hydrogen (secondary N) is 1. The first-order valence-corrected chi connectivity index (χ1v) is 10.7. The molecule has 1 heterocycles. The fourth-order valence-electron chi connectivity index (χ4n) is 3.28. The fraction of sp³-hybridized carbons (Fsp3) is 0.526. The zero-order valence-electron chi connectivity index (χ0n) is 15.2. The van der Waals surface area contributed by atoms with Gasteiger partial charge in [-0.3, -0.25) is 4.68 Å². The van der Waals surface area contributed by atoms with Crippen molar-refractivity contribution in [1.82, 2.24) is 14.5 Å². The van der Waals surface area contributed by atoms with Crippen LogP contribution in [0, 0.1) is 6.92 Å². The lowest BCUT2D eigenvalue weighted by Gasteiger charge is -2.12. The van der Waals surface area contributed by atoms with Gasteiger partial charge in [0.25, 0.3) is 0 Å². The summed E-state index contributed by atoms with van der Waals surface area (Å²) in [5, 5.41) is 4.73. The van der Waals surface area contributed by atoms with Gasteiger partial charge in [0.15, 0.2) is 0 Å². The number of methoxy groups -OCH3 is 1. The third-order valence-corrected chi connectivity index (χ3v) is 6.53. The van der Waals surface area contributed by atoms with Crippen LogP contribution in [0.3, 0.4) is 0 Å². The number of hydrogen-bond donors (Lipinski definition) is 1. The zero-order chi connectivity index (χ0) is 18.3. The Morgan fingerprint density at radius 3 is 2.58 bits per heavy atom. The summed E-state index contributed by atoms with van der Waals surface area (Å²) < 4.78 is 35.3. The summed E-state index contributed by atoms with van der Waals surface area (Å²) in [7, 11) is -2.15. The maximum absolute atomic E-state index is 12.7. The van der Waals surface area contributed by atoms with Crippen LogP contribution in [0.5, 0.6) is 5.75 Å². The van der Waals surface area contributed by atoms with Crippen LogP contribution >= 0.6 is 0 Å². The van der Waals surface area contributed by atoms with E-state index in [1.165, 1.54) is 44.2 Å². The molecular weight excluding hydrogens is 350 g/mol. The Kier molecular flexibility index (Phi) is 4.52. The first-order chi connectivity index (χ1) is 12.5. The summed E-state index contributed by atoms with van der Waals surface area (Å²) >= 11 is 0. The van der Waals surface area contributed by atoms with Crippen molar-refractivity contribution in [1.29, 1.82) is 0 Å². The lowest BCUT2D eigenvalue weighted by Crippen LogP contribution is -2.28. The molecule has 6 nitrogen and oxygen atoms in total. The molecule has 0 aliphatic heterocycles. The minimum absolute atomic E-state index is 0.182. The standard InChI is InChI=1S/C19H25N3O3S/c1-13-3-8-18(25-2)19(11-13)26(23,24)20-9-10-22-17(15-6-7-15)12-16(21-22)14-4-5-14/h3,8,11-12,14-15,20H,4-7,9-10H2,1-2H3. The van der Waals surface area contributed by atoms with Crippen LogP contribution in [-0.2, 0) is 16.6 Å². The van der Waals surface area contributed by atoms with Crippen LogP contribution in [0.15, 0.2) is 29.2 Å². The van der Waals surface area contributed by atoms with Crippen molar-refractivity contribution in [3.63, 3.8) is 0 Å². The van der Waals surface area contributed by atoms with Gasteiger partial charge in [-0.15, -0.1) is 0 Å². The first kappa shape index (κ1) is 17.5. The fourth-order valence-corrected chi connectivity index (χ4v) is 4.55. The van der Waals surface area contributed by atoms with Crippen LogP contribution in [0.2, 0.25) is 0 Å². The van der Waals surface area contributed by atoms with Gasteiger partial charge in [-0.05, 0) is 56.4 Å². The van der Waals surface area contributed by atoms with Crippen LogP contribution in [0.4, 0.5) is 0 Å². The average molecular weight is 375 g/mol. The minimum atomic E-state index is -3.63. The van der Waals surface area contributed by atoms with E-state index in [4.69, 9.17) is 9.84 Å². The number of hydrogen-bond acceptors (Lipinski definition) is 4. The summed E-state index contributed by atoms with van der Waals surface area (Å²) in [6.07, 6.45) is 4.87. The summed E-state index contributed by atoms with van der Waals surface area (Å²) in [4.78, 5) is 0.182. The number of aryl methyl sites for hydroxylation is 1. The van der Waals surface area contributed by atoms with Gasteiger partial charge in [0.2, 0.25) is 10.0 Å². The molecule has 0 spiro atoms. The Balaban J connectivity index is 1.47. The van der Waals surface area contributed by atoms with Gasteiger partial charge in [0.05, 0.1) is 19.3 Å². The molecule has 1 N–H and O–H groups in total. The summed E-state index contributed by atoms with van der Waals surface area (Å²) in [6, 6.07) is 7.39. The van der Waals surface area contributed by atoms with Crippen molar-refractivity contribution in [3.8, 4) is 5.75 Å². The lowest BCUT2D eigenvalue weighted by atomic mass is 10.2. The normalized spacial score (nSPS) is 17.5. The van der Waals surface area contributed by atoms with E-state index in [1.54, 1.807) is 12.1 Å². The van der Waals surface area contributed by atoms with E-state index in [-0.39, 0.29) is 4.90 Å². The number of benzene rings is 1. The number of sulfonamides is 1. The molecule has 2 aliphatic rings. The van der Waals surface area contributed by atoms with Gasteiger partial charge in [-0.25, -0.2) is 13.1 Å². The molecule has 0 atom stereocenters. The van der Waals surface area contributed by atoms with Gasteiger partial charge in [-0.2, -0.15) is 5.10 Å². The highest BCUT2D eigenvalue weighted by Gasteiger charge is 2.32. The Bertz CT molecular complexity index is 912. The quantitative estimate of drug-likeness (QED) is 0.770. The highest BCUT2D eigenvalue weighted by Crippen LogP contribution is 2.44. The molecule has 1 aromatic carbocycles. The Morgan fingerprint density at radius 1 is 1.19 bits per heavy atom. The van der Waals surface area contributed by atoms with Gasteiger partial charge in [-0.1, -0.05) is 6.07 Å². The van der Waals surface area contributed by atoms with Crippen LogP contribution in [0.25, 0.3) is 0 Å². The van der Waals surface area contributed by atoms with E-state index in [9.17, 15) is 8.42 Å². The number of nitrogens with zero attached hydrogens (tertiary/aromatic N) is 2. The van der Waals surface area contributed by atoms with E-state index in [0.717, 1.165) is 5.56 Å². The molecule has 2 aromatic rings. The van der Waals surface area contributed by atoms with Crippen molar-refractivity contribution in [3.05, 3.63) is 41.2 Å². The molecule has 2 saturated carbocycles. The largest absolute Gasteiger partial charge is 0.495 e. The summed E-state index contributed by atoms with van der Waals surface area (Å²) in [5.41, 5.74) is 3.32. The highest BCUT2D eigenvalue weighted by atomic mass is 32.2. The van der Waals surface area contributed by atoms with Crippen LogP contribution < -0.4 is 9.46 Å². The predicted octanol–water partition coefficient (Wildman–Crippen LogP) is 2.93. The van der Waals surface area contributed by atoms with Crippen molar-refractivity contribution in [2.45, 2.75) is 55.9 Å². The predicted molar refractivity (Wildman–Crippen MR) is 99.1 cm³/mol. The molecule has 4 rings (SSSR count). The SMILES string of the molecule is COc1ccc(C)cc1S(=O)(=O)NCCn1nc(C2CC2)cc1C1CC1. The second kappa shape index (κ2) is 6.70. The second-order valence-electron chi connectivity index (χ2n) is 7.32. The van der Waals surface area contributed by atoms with Gasteiger partial charge >= 0.3 is 0 Å². The molecule has 26 heavy (non-hydrogen) atoms. The van der Waals surface area contributed by atoms with Crippen LogP contribution in [-0.4, -0.2) is 31.9 Å². The molecule has 1 aromatic heterocycles. The molecule has 7 heteroatoms. The maximum atomic E-state index is 12.7. The first-order valence-electron chi connectivity index (χ1n) is 9.20. The molecule has 0 amide bonds. The van der Waals surface area contributed by atoms with Gasteiger partial charge in [0.1, 0.15) is 10.6 Å². The van der Waals surface area contributed by atoms with Gasteiger partial charge < -0.3 is 4.74 Å². The highest BCUT2D eigenvalue weighted by molar-refractivity contribution is 7.89. The molecule has 140 valence electrons. The maximum Gasteiger partial charge on any atom is 0.244 e. The molecule has 0 radical (unpaired) electrons. The second-order valence-corrected chi connectivity index (χ2v) is 9.05. The third kappa shape index (κ3) is 3.64. The average Bonchev–Trinajstić information content (AvgIpc) is 3.53. The van der Waals surface area contributed by atoms with E-state index >= 15 is 0 Å². The smallest absolute Gasteiger partial charge is 0.244 e. The molecule has 0 bridgehead atoms. The summed E-state index contributed by atoms with van der Waals surface area (Å²) in [5.74, 6) is 1.57. The monoisotopic (exact) mass is 375 g/mol. The zero-order valence-corrected chi connectivity index (χ0v) is 16.1. The van der Waals surface area contributed by atoms with Crippen molar-refractivity contribution < 1.29 is 13.2 Å². The van der Waals surface area contributed by atoms with E-state index in [1.807, 2.05) is 17.7 Å². The van der Waals surface area contributed by atoms with E-state index in [0.29, 0.717) is 30.7 Å². The molecule has 2 aliphatic carbocycles. The van der Waals surface area contributed by atoms with Crippen LogP contribution in [0.1, 0.15) is 54.5 Å². The molecule has 0 saturated heterocycles. The van der Waals surface area contributed by atoms with E-state index < -0.39 is 10.0 Å². The molecule has 2 fully saturated rings. The lowest BCUT2D eigenvalue weighted by molar-refractivity contribution is 0.402. The topological polar surface area (TPSA) is 73.2 Å². The summed E-state index contributed by atoms with van der Waals surface area (Å²) in [6.45, 7) is 2.72. The van der Waals surface area contributed by atoms with Crippen molar-refractivity contribution in [2.24, 2.45) is 0 Å². The minimum Gasteiger partial charge on any atom is -0.495 e. The Labute approximate surface area is 154 Å². The third-order valence-electron chi connectivity index (χ3n) is 5.05. The number of aromatic nitrogens is 2. The van der Waals surface area contributed by atoms with Gasteiger partial charge in [0, 0.05) is 24.1 Å². The Hall–Kier alpha value is -1.86. The molecule has 0 unspecified atom stereocenters. The Morgan fingerprint density at radius 2 is 1.92 bits per heavy atom. The number of rotatable bonds is 8. The molecular formula is C19H25N3O3S. The van der Waals surface area contributed by atoms with Crippen molar-refractivity contribution >= 4 is 10.0 Å². The number of ether oxygens (including phenoxy) is 1. The van der Waals surface area contributed by atoms with Crippen molar-refractivity contribution in [2.75, 3.05) is 13.7 Å². The van der Waals surface area contributed by atoms with E-state index in [2.05, 4.69) is 10.8 Å².